The lowest BCUT2D eigenvalue weighted by Crippen LogP contribution is -1.89. The Morgan fingerprint density at radius 3 is 2.67 bits per heavy atom. The second-order valence-corrected chi connectivity index (χ2v) is 5.27. The van der Waals surface area contributed by atoms with Crippen molar-refractivity contribution in [1.82, 2.24) is 0 Å². The summed E-state index contributed by atoms with van der Waals surface area (Å²) >= 11 is 5.81. The SMILES string of the molecule is O=[N+]([O-])c1cc(-c2ccc(/C=N\Nc3ccccc3)o2)ccc1Cl. The minimum Gasteiger partial charge on any atom is -0.455 e. The molecule has 0 aliphatic rings. The van der Waals surface area contributed by atoms with E-state index in [1.165, 1.54) is 18.3 Å². The van der Waals surface area contributed by atoms with Gasteiger partial charge in [0.2, 0.25) is 0 Å². The van der Waals surface area contributed by atoms with Gasteiger partial charge < -0.3 is 4.42 Å². The predicted molar refractivity (Wildman–Crippen MR) is 93.5 cm³/mol. The molecular weight excluding hydrogens is 330 g/mol. The summed E-state index contributed by atoms with van der Waals surface area (Å²) in [6, 6.07) is 17.5. The van der Waals surface area contributed by atoms with Gasteiger partial charge in [-0.1, -0.05) is 29.8 Å². The molecule has 0 aliphatic heterocycles. The molecule has 0 saturated carbocycles. The molecule has 0 spiro atoms. The largest absolute Gasteiger partial charge is 0.455 e. The zero-order valence-electron chi connectivity index (χ0n) is 12.3. The summed E-state index contributed by atoms with van der Waals surface area (Å²) in [5.74, 6) is 1.02. The Balaban J connectivity index is 1.76. The summed E-state index contributed by atoms with van der Waals surface area (Å²) in [7, 11) is 0. The van der Waals surface area contributed by atoms with Crippen molar-refractivity contribution in [1.29, 1.82) is 0 Å². The van der Waals surface area contributed by atoms with Gasteiger partial charge in [0.05, 0.1) is 16.8 Å². The minimum atomic E-state index is -0.527. The Hall–Kier alpha value is -3.12. The van der Waals surface area contributed by atoms with Gasteiger partial charge in [-0.15, -0.1) is 0 Å². The van der Waals surface area contributed by atoms with Gasteiger partial charge in [-0.05, 0) is 36.4 Å². The van der Waals surface area contributed by atoms with Crippen LogP contribution in [0.5, 0.6) is 0 Å². The van der Waals surface area contributed by atoms with Crippen LogP contribution in [0.25, 0.3) is 11.3 Å². The number of hydrazone groups is 1. The van der Waals surface area contributed by atoms with Crippen LogP contribution in [-0.4, -0.2) is 11.1 Å². The zero-order chi connectivity index (χ0) is 16.9. The van der Waals surface area contributed by atoms with E-state index in [1.807, 2.05) is 30.3 Å². The highest BCUT2D eigenvalue weighted by Gasteiger charge is 2.15. The predicted octanol–water partition coefficient (Wildman–Crippen LogP) is 4.95. The maximum absolute atomic E-state index is 10.9. The first-order chi connectivity index (χ1) is 11.6. The number of hydrogen-bond donors (Lipinski definition) is 1. The van der Waals surface area contributed by atoms with Gasteiger partial charge >= 0.3 is 0 Å². The van der Waals surface area contributed by atoms with Crippen molar-refractivity contribution in [2.45, 2.75) is 0 Å². The Morgan fingerprint density at radius 1 is 1.12 bits per heavy atom. The van der Waals surface area contributed by atoms with Crippen molar-refractivity contribution in [2.75, 3.05) is 5.43 Å². The number of anilines is 1. The number of benzene rings is 2. The molecule has 7 heteroatoms. The first kappa shape index (κ1) is 15.8. The van der Waals surface area contributed by atoms with E-state index in [0.717, 1.165) is 5.69 Å². The van der Waals surface area contributed by atoms with Gasteiger partial charge in [-0.25, -0.2) is 0 Å². The third kappa shape index (κ3) is 3.61. The molecule has 0 atom stereocenters. The fourth-order valence-corrected chi connectivity index (χ4v) is 2.25. The molecule has 3 aromatic rings. The third-order valence-electron chi connectivity index (χ3n) is 3.21. The Morgan fingerprint density at radius 2 is 1.92 bits per heavy atom. The van der Waals surface area contributed by atoms with Crippen LogP contribution >= 0.6 is 11.6 Å². The third-order valence-corrected chi connectivity index (χ3v) is 3.53. The van der Waals surface area contributed by atoms with Crippen molar-refractivity contribution >= 4 is 29.2 Å². The maximum Gasteiger partial charge on any atom is 0.288 e. The zero-order valence-corrected chi connectivity index (χ0v) is 13.1. The van der Waals surface area contributed by atoms with Crippen molar-refractivity contribution in [2.24, 2.45) is 5.10 Å². The maximum atomic E-state index is 10.9. The molecule has 0 fully saturated rings. The van der Waals surface area contributed by atoms with E-state index in [4.69, 9.17) is 16.0 Å². The van der Waals surface area contributed by atoms with Gasteiger partial charge in [0.15, 0.2) is 0 Å². The molecule has 0 aliphatic carbocycles. The summed E-state index contributed by atoms with van der Waals surface area (Å²) in [6.07, 6.45) is 1.53. The lowest BCUT2D eigenvalue weighted by atomic mass is 10.1. The summed E-state index contributed by atoms with van der Waals surface area (Å²) in [6.45, 7) is 0. The van der Waals surface area contributed by atoms with Crippen LogP contribution in [0.1, 0.15) is 5.76 Å². The number of nitro groups is 1. The number of nitrogens with one attached hydrogen (secondary N) is 1. The fourth-order valence-electron chi connectivity index (χ4n) is 2.07. The Bertz CT molecular complexity index is 891. The number of furan rings is 1. The highest BCUT2D eigenvalue weighted by molar-refractivity contribution is 6.32. The highest BCUT2D eigenvalue weighted by atomic mass is 35.5. The molecule has 1 N–H and O–H groups in total. The Kier molecular flexibility index (Phi) is 4.58. The molecule has 0 radical (unpaired) electrons. The van der Waals surface area contributed by atoms with E-state index in [1.54, 1.807) is 18.2 Å². The number of nitrogens with zero attached hydrogens (tertiary/aromatic N) is 2. The molecular formula is C17H12ClN3O3. The summed E-state index contributed by atoms with van der Waals surface area (Å²) in [5, 5.41) is 15.1. The number of halogens is 1. The van der Waals surface area contributed by atoms with E-state index in [-0.39, 0.29) is 10.7 Å². The quantitative estimate of drug-likeness (QED) is 0.404. The highest BCUT2D eigenvalue weighted by Crippen LogP contribution is 2.30. The number of para-hydroxylation sites is 1. The number of hydrogen-bond acceptors (Lipinski definition) is 5. The number of nitro benzene ring substituents is 1. The minimum absolute atomic E-state index is 0.0872. The summed E-state index contributed by atoms with van der Waals surface area (Å²) < 4.78 is 5.63. The van der Waals surface area contributed by atoms with Crippen molar-refractivity contribution in [3.63, 3.8) is 0 Å². The molecule has 1 aromatic heterocycles. The standard InChI is InChI=1S/C17H12ClN3O3/c18-15-8-6-12(10-16(15)21(22)23)17-9-7-14(24-17)11-19-20-13-4-2-1-3-5-13/h1-11,20H/b19-11-. The van der Waals surface area contributed by atoms with Gasteiger partial charge in [-0.3, -0.25) is 15.5 Å². The molecule has 120 valence electrons. The van der Waals surface area contributed by atoms with Crippen LogP contribution in [0.15, 0.2) is 70.2 Å². The van der Waals surface area contributed by atoms with Crippen molar-refractivity contribution in [3.8, 4) is 11.3 Å². The van der Waals surface area contributed by atoms with Crippen LogP contribution in [-0.2, 0) is 0 Å². The summed E-state index contributed by atoms with van der Waals surface area (Å²) in [5.41, 5.74) is 4.14. The molecule has 2 aromatic carbocycles. The van der Waals surface area contributed by atoms with Crippen LogP contribution < -0.4 is 5.43 Å². The van der Waals surface area contributed by atoms with E-state index < -0.39 is 4.92 Å². The second kappa shape index (κ2) is 6.97. The first-order valence-electron chi connectivity index (χ1n) is 7.02. The molecule has 0 amide bonds. The van der Waals surface area contributed by atoms with Crippen molar-refractivity contribution < 1.29 is 9.34 Å². The van der Waals surface area contributed by atoms with Crippen LogP contribution in [0, 0.1) is 10.1 Å². The molecule has 0 bridgehead atoms. The van der Waals surface area contributed by atoms with Gasteiger partial charge in [0.1, 0.15) is 16.5 Å². The van der Waals surface area contributed by atoms with Gasteiger partial charge in [-0.2, -0.15) is 5.10 Å². The lowest BCUT2D eigenvalue weighted by Gasteiger charge is -1.99. The van der Waals surface area contributed by atoms with Crippen LogP contribution in [0.3, 0.4) is 0 Å². The average Bonchev–Trinajstić information content (AvgIpc) is 3.05. The van der Waals surface area contributed by atoms with E-state index in [2.05, 4.69) is 10.5 Å². The van der Waals surface area contributed by atoms with Crippen LogP contribution in [0.2, 0.25) is 5.02 Å². The molecule has 3 rings (SSSR count). The first-order valence-corrected chi connectivity index (χ1v) is 7.39. The van der Waals surface area contributed by atoms with Crippen molar-refractivity contribution in [3.05, 3.63) is 81.6 Å². The van der Waals surface area contributed by atoms with Gasteiger partial charge in [0.25, 0.3) is 5.69 Å². The Labute approximate surface area is 142 Å². The normalized spacial score (nSPS) is 10.9. The van der Waals surface area contributed by atoms with Crippen LogP contribution in [0.4, 0.5) is 11.4 Å². The second-order valence-electron chi connectivity index (χ2n) is 4.86. The molecule has 0 unspecified atom stereocenters. The van der Waals surface area contributed by atoms with Gasteiger partial charge in [0, 0.05) is 11.6 Å². The fraction of sp³-hybridized carbons (Fsp3) is 0. The smallest absolute Gasteiger partial charge is 0.288 e. The van der Waals surface area contributed by atoms with E-state index in [0.29, 0.717) is 17.1 Å². The average molecular weight is 342 g/mol. The molecule has 1 heterocycles. The van der Waals surface area contributed by atoms with E-state index in [9.17, 15) is 10.1 Å². The lowest BCUT2D eigenvalue weighted by molar-refractivity contribution is -0.384. The topological polar surface area (TPSA) is 80.7 Å². The summed E-state index contributed by atoms with van der Waals surface area (Å²) in [4.78, 5) is 10.4. The molecule has 0 saturated heterocycles. The molecule has 24 heavy (non-hydrogen) atoms. The monoisotopic (exact) mass is 341 g/mol. The van der Waals surface area contributed by atoms with E-state index >= 15 is 0 Å². The molecule has 6 nitrogen and oxygen atoms in total. The number of rotatable bonds is 5.